The van der Waals surface area contributed by atoms with E-state index in [1.807, 2.05) is 12.1 Å². The first kappa shape index (κ1) is 27.9. The molecule has 0 aliphatic heterocycles. The molecule has 5 aromatic rings. The molecule has 8 nitrogen and oxygen atoms in total. The summed E-state index contributed by atoms with van der Waals surface area (Å²) in [6, 6.07) is 27.1. The zero-order chi connectivity index (χ0) is 29.3. The van der Waals surface area contributed by atoms with Crippen LogP contribution in [0.5, 0.6) is 0 Å². The molecule has 3 N–H and O–H groups in total. The van der Waals surface area contributed by atoms with Gasteiger partial charge in [-0.15, -0.1) is 0 Å². The normalized spacial score (nSPS) is 11.5. The number of halogens is 2. The van der Waals surface area contributed by atoms with Gasteiger partial charge < -0.3 is 20.0 Å². The largest absolute Gasteiger partial charge is 0.465 e. The van der Waals surface area contributed by atoms with Crippen LogP contribution in [0.2, 0.25) is 0 Å². The van der Waals surface area contributed by atoms with Crippen LogP contribution < -0.4 is 10.6 Å². The van der Waals surface area contributed by atoms with Crippen LogP contribution in [-0.2, 0) is 4.74 Å². The smallest absolute Gasteiger partial charge is 0.344 e. The second kappa shape index (κ2) is 11.5. The van der Waals surface area contributed by atoms with Crippen LogP contribution in [0.25, 0.3) is 22.1 Å². The zero-order valence-corrected chi connectivity index (χ0v) is 24.6. The number of methoxy groups -OCH3 is 1. The number of fused-ring (bicyclic) bond motifs is 1. The molecule has 0 aliphatic carbocycles. The van der Waals surface area contributed by atoms with E-state index in [0.717, 1.165) is 8.95 Å². The molecule has 0 spiro atoms. The Balaban J connectivity index is 1.94. The van der Waals surface area contributed by atoms with Crippen molar-refractivity contribution in [1.82, 2.24) is 0 Å². The minimum Gasteiger partial charge on any atom is -0.465 e. The summed E-state index contributed by atoms with van der Waals surface area (Å²) in [5.74, 6) is -0.900. The highest BCUT2D eigenvalue weighted by Crippen LogP contribution is 2.48. The molecular weight excluding hydrogens is 652 g/mol. The predicted molar refractivity (Wildman–Crippen MR) is 162 cm³/mol. The maximum Gasteiger partial charge on any atom is 0.344 e. The molecule has 0 bridgehead atoms. The van der Waals surface area contributed by atoms with Gasteiger partial charge in [0.2, 0.25) is 5.88 Å². The number of carbonyl (C=O) groups is 1. The van der Waals surface area contributed by atoms with Gasteiger partial charge in [-0.2, -0.15) is 10.5 Å². The van der Waals surface area contributed by atoms with E-state index < -0.39 is 12.2 Å². The van der Waals surface area contributed by atoms with Crippen LogP contribution in [0, 0.1) is 22.7 Å². The third kappa shape index (κ3) is 4.94. The van der Waals surface area contributed by atoms with E-state index in [2.05, 4.69) is 37.9 Å². The molecule has 4 aromatic carbocycles. The maximum absolute atomic E-state index is 13.5. The standard InChI is InChI=1S/C31H20Br2N4O4/c1-40-31(39)26-25-23(16-35)27(36)22(15-34)24(17-7-11-19(32)12-8-17)28(25)41-30(26)37(21-5-3-2-4-6-21)29(38)18-9-13-20(33)14-10-18/h2-14,29,38H,36H2,1H3. The Morgan fingerprint density at radius 3 is 2.10 bits per heavy atom. The lowest BCUT2D eigenvalue weighted by molar-refractivity contribution is 0.0602. The molecule has 5 rings (SSSR count). The second-order valence-electron chi connectivity index (χ2n) is 8.88. The van der Waals surface area contributed by atoms with Gasteiger partial charge in [0, 0.05) is 25.8 Å². The van der Waals surface area contributed by atoms with Crippen LogP contribution in [0.15, 0.2) is 92.2 Å². The van der Waals surface area contributed by atoms with E-state index in [-0.39, 0.29) is 39.2 Å². The number of rotatable bonds is 6. The fourth-order valence-corrected chi connectivity index (χ4v) is 5.20. The van der Waals surface area contributed by atoms with Crippen molar-refractivity contribution in [3.63, 3.8) is 0 Å². The quantitative estimate of drug-likeness (QED) is 0.107. The van der Waals surface area contributed by atoms with Crippen molar-refractivity contribution in [1.29, 1.82) is 10.5 Å². The molecule has 10 heteroatoms. The van der Waals surface area contributed by atoms with E-state index in [0.29, 0.717) is 22.4 Å². The molecule has 0 fully saturated rings. The average molecular weight is 672 g/mol. The summed E-state index contributed by atoms with van der Waals surface area (Å²) in [7, 11) is 1.21. The van der Waals surface area contributed by atoms with Crippen LogP contribution >= 0.6 is 31.9 Å². The Bertz CT molecular complexity index is 1860. The number of furan rings is 1. The fourth-order valence-electron chi connectivity index (χ4n) is 4.67. The SMILES string of the molecule is COC(=O)c1c(N(c2ccccc2)C(O)c2ccc(Br)cc2)oc2c(-c3ccc(Br)cc3)c(C#N)c(N)c(C#N)c12. The van der Waals surface area contributed by atoms with Crippen molar-refractivity contribution in [2.24, 2.45) is 0 Å². The van der Waals surface area contributed by atoms with Crippen LogP contribution in [0.3, 0.4) is 0 Å². The lowest BCUT2D eigenvalue weighted by atomic mass is 9.92. The second-order valence-corrected chi connectivity index (χ2v) is 10.7. The highest BCUT2D eigenvalue weighted by Gasteiger charge is 2.35. The number of anilines is 3. The van der Waals surface area contributed by atoms with Crippen LogP contribution in [0.4, 0.5) is 17.3 Å². The molecule has 0 saturated carbocycles. The number of nitrogen functional groups attached to an aromatic ring is 1. The fraction of sp³-hybridized carbons (Fsp3) is 0.0645. The van der Waals surface area contributed by atoms with Crippen molar-refractivity contribution in [2.75, 3.05) is 17.7 Å². The summed E-state index contributed by atoms with van der Waals surface area (Å²) in [5, 5.41) is 32.1. The summed E-state index contributed by atoms with van der Waals surface area (Å²) in [5.41, 5.74) is 8.03. The zero-order valence-electron chi connectivity index (χ0n) is 21.4. The van der Waals surface area contributed by atoms with Crippen molar-refractivity contribution in [3.05, 3.63) is 110 Å². The van der Waals surface area contributed by atoms with Crippen molar-refractivity contribution in [3.8, 4) is 23.3 Å². The molecule has 1 heterocycles. The molecule has 0 aliphatic rings. The Morgan fingerprint density at radius 2 is 1.54 bits per heavy atom. The number of aliphatic hydroxyl groups is 1. The molecule has 1 unspecified atom stereocenters. The number of esters is 1. The molecule has 202 valence electrons. The lowest BCUT2D eigenvalue weighted by Crippen LogP contribution is -2.25. The lowest BCUT2D eigenvalue weighted by Gasteiger charge is -2.28. The summed E-state index contributed by atoms with van der Waals surface area (Å²) in [4.78, 5) is 14.9. The molecule has 0 amide bonds. The maximum atomic E-state index is 13.5. The van der Waals surface area contributed by atoms with Crippen molar-refractivity contribution >= 4 is 66.1 Å². The minimum absolute atomic E-state index is 0.0211. The summed E-state index contributed by atoms with van der Waals surface area (Å²) in [6.07, 6.45) is -1.33. The topological polar surface area (TPSA) is 137 Å². The molecule has 0 saturated heterocycles. The Kier molecular flexibility index (Phi) is 7.82. The van der Waals surface area contributed by atoms with Gasteiger partial charge in [0.05, 0.1) is 29.3 Å². The third-order valence-corrected chi connectivity index (χ3v) is 7.62. The van der Waals surface area contributed by atoms with Gasteiger partial charge in [0.25, 0.3) is 0 Å². The summed E-state index contributed by atoms with van der Waals surface area (Å²) in [6.45, 7) is 0. The highest BCUT2D eigenvalue weighted by atomic mass is 79.9. The number of nitrogens with zero attached hydrogens (tertiary/aromatic N) is 3. The first-order chi connectivity index (χ1) is 19.8. The van der Waals surface area contributed by atoms with Gasteiger partial charge in [-0.3, -0.25) is 4.90 Å². The number of hydrogen-bond donors (Lipinski definition) is 2. The Labute approximate surface area is 252 Å². The number of para-hydroxylation sites is 1. The summed E-state index contributed by atoms with van der Waals surface area (Å²) >= 11 is 6.83. The van der Waals surface area contributed by atoms with E-state index >= 15 is 0 Å². The van der Waals surface area contributed by atoms with E-state index in [1.54, 1.807) is 72.8 Å². The van der Waals surface area contributed by atoms with Crippen LogP contribution in [0.1, 0.15) is 33.3 Å². The number of benzene rings is 4. The summed E-state index contributed by atoms with van der Waals surface area (Å²) < 4.78 is 13.2. The number of hydrogen-bond acceptors (Lipinski definition) is 8. The molecular formula is C31H20Br2N4O4. The van der Waals surface area contributed by atoms with Crippen LogP contribution in [-0.4, -0.2) is 18.2 Å². The first-order valence-electron chi connectivity index (χ1n) is 12.1. The van der Waals surface area contributed by atoms with Gasteiger partial charge in [-0.1, -0.05) is 74.3 Å². The highest BCUT2D eigenvalue weighted by molar-refractivity contribution is 9.10. The van der Waals surface area contributed by atoms with Crippen molar-refractivity contribution < 1.29 is 19.1 Å². The van der Waals surface area contributed by atoms with Gasteiger partial charge in [0.15, 0.2) is 6.23 Å². The van der Waals surface area contributed by atoms with Gasteiger partial charge >= 0.3 is 5.97 Å². The van der Waals surface area contributed by atoms with E-state index in [4.69, 9.17) is 14.9 Å². The van der Waals surface area contributed by atoms with E-state index in [9.17, 15) is 20.4 Å². The van der Waals surface area contributed by atoms with Gasteiger partial charge in [-0.25, -0.2) is 4.79 Å². The molecule has 1 aromatic heterocycles. The first-order valence-corrected chi connectivity index (χ1v) is 13.7. The molecule has 1 atom stereocenters. The minimum atomic E-state index is -1.33. The average Bonchev–Trinajstić information content (AvgIpc) is 3.37. The Morgan fingerprint density at radius 1 is 0.951 bits per heavy atom. The molecule has 0 radical (unpaired) electrons. The van der Waals surface area contributed by atoms with Gasteiger partial charge in [0.1, 0.15) is 23.3 Å². The number of carbonyl (C=O) groups excluding carboxylic acids is 1. The third-order valence-electron chi connectivity index (χ3n) is 6.57. The number of nitrogens with two attached hydrogens (primary N) is 1. The number of nitriles is 2. The predicted octanol–water partition coefficient (Wildman–Crippen LogP) is 7.57. The van der Waals surface area contributed by atoms with Gasteiger partial charge in [-0.05, 0) is 42.0 Å². The monoisotopic (exact) mass is 670 g/mol. The van der Waals surface area contributed by atoms with Crippen molar-refractivity contribution in [2.45, 2.75) is 6.23 Å². The molecule has 41 heavy (non-hydrogen) atoms. The van der Waals surface area contributed by atoms with E-state index in [1.165, 1.54) is 12.0 Å². The number of aliphatic hydroxyl groups excluding tert-OH is 1. The Hall–Kier alpha value is -4.61. The number of ether oxygens (including phenoxy) is 1.